The van der Waals surface area contributed by atoms with Crippen LogP contribution in [0.4, 0.5) is 26.3 Å². The minimum atomic E-state index is -4.52. The lowest BCUT2D eigenvalue weighted by atomic mass is 10.6. The minimum Gasteiger partial charge on any atom is -0.248 e. The first kappa shape index (κ1) is 11.5. The van der Waals surface area contributed by atoms with Crippen LogP contribution >= 0.6 is 0 Å². The van der Waals surface area contributed by atoms with Crippen molar-refractivity contribution >= 4 is 0 Å². The maximum absolute atomic E-state index is 11.3. The Bertz CT molecular complexity index is 110. The van der Waals surface area contributed by atoms with Gasteiger partial charge in [0.25, 0.3) is 0 Å². The van der Waals surface area contributed by atoms with Crippen LogP contribution in [-0.2, 0) is 0 Å². The van der Waals surface area contributed by atoms with Gasteiger partial charge in [-0.1, -0.05) is 0 Å². The van der Waals surface area contributed by atoms with Crippen molar-refractivity contribution in [2.75, 3.05) is 13.1 Å². The van der Waals surface area contributed by atoms with Crippen molar-refractivity contribution < 1.29 is 26.3 Å². The summed E-state index contributed by atoms with van der Waals surface area (Å²) in [6.07, 6.45) is -9.03. The van der Waals surface area contributed by atoms with Crippen LogP contribution in [0.3, 0.4) is 0 Å². The zero-order chi connectivity index (χ0) is 9.83. The van der Waals surface area contributed by atoms with E-state index < -0.39 is 25.4 Å². The maximum Gasteiger partial charge on any atom is 0.402 e. The lowest BCUT2D eigenvalue weighted by Crippen LogP contribution is -2.43. The Morgan fingerprint density at radius 3 is 1.08 bits per heavy atom. The van der Waals surface area contributed by atoms with Crippen LogP contribution in [-0.4, -0.2) is 25.4 Å². The molecule has 12 heavy (non-hydrogen) atoms. The van der Waals surface area contributed by atoms with Crippen molar-refractivity contribution in [2.24, 2.45) is 0 Å². The zero-order valence-electron chi connectivity index (χ0n) is 5.68. The lowest BCUT2D eigenvalue weighted by molar-refractivity contribution is -0.140. The van der Waals surface area contributed by atoms with E-state index in [1.807, 2.05) is 0 Å². The quantitative estimate of drug-likeness (QED) is 0.402. The predicted octanol–water partition coefficient (Wildman–Crippen LogP) is 1.21. The molecule has 0 atom stereocenters. The molecule has 74 valence electrons. The molecular weight excluding hydrogens is 190 g/mol. The second kappa shape index (κ2) is 3.94. The van der Waals surface area contributed by atoms with Gasteiger partial charge in [0.15, 0.2) is 0 Å². The first-order valence-electron chi connectivity index (χ1n) is 2.80. The van der Waals surface area contributed by atoms with Crippen LogP contribution in [0.15, 0.2) is 0 Å². The summed E-state index contributed by atoms with van der Waals surface area (Å²) in [5, 5.41) is 0. The fraction of sp³-hybridized carbons (Fsp3) is 1.00. The van der Waals surface area contributed by atoms with Gasteiger partial charge >= 0.3 is 12.4 Å². The Balaban J connectivity index is 3.35. The number of hydrogen-bond donors (Lipinski definition) is 2. The highest BCUT2D eigenvalue weighted by Crippen LogP contribution is 2.13. The Morgan fingerprint density at radius 1 is 0.667 bits per heavy atom. The zero-order valence-corrected chi connectivity index (χ0v) is 5.68. The molecule has 8 heteroatoms. The fourth-order valence-electron chi connectivity index (χ4n) is 0.325. The van der Waals surface area contributed by atoms with Crippen molar-refractivity contribution in [3.8, 4) is 0 Å². The molecule has 0 unspecified atom stereocenters. The molecule has 0 rings (SSSR count). The van der Waals surface area contributed by atoms with Crippen molar-refractivity contribution in [3.05, 3.63) is 0 Å². The molecule has 0 amide bonds. The Labute approximate surface area is 63.9 Å². The molecular formula is C4H6F6N2. The van der Waals surface area contributed by atoms with Crippen molar-refractivity contribution in [1.82, 2.24) is 10.9 Å². The summed E-state index contributed by atoms with van der Waals surface area (Å²) in [5.74, 6) is 0. The van der Waals surface area contributed by atoms with E-state index in [2.05, 4.69) is 0 Å². The van der Waals surface area contributed by atoms with Gasteiger partial charge < -0.3 is 0 Å². The van der Waals surface area contributed by atoms with Crippen molar-refractivity contribution in [1.29, 1.82) is 0 Å². The van der Waals surface area contributed by atoms with Gasteiger partial charge in [0.1, 0.15) is 13.1 Å². The molecule has 2 N–H and O–H groups in total. The highest BCUT2D eigenvalue weighted by atomic mass is 19.4. The van der Waals surface area contributed by atoms with Crippen LogP contribution in [0.5, 0.6) is 0 Å². The van der Waals surface area contributed by atoms with Gasteiger partial charge in [-0.15, -0.1) is 0 Å². The van der Waals surface area contributed by atoms with Crippen LogP contribution in [0, 0.1) is 0 Å². The molecule has 2 nitrogen and oxygen atoms in total. The SMILES string of the molecule is FC(F)(F)CNNCC(F)(F)F. The molecule has 0 fully saturated rings. The van der Waals surface area contributed by atoms with E-state index in [0.717, 1.165) is 0 Å². The highest BCUT2D eigenvalue weighted by molar-refractivity contribution is 4.55. The molecule has 0 radical (unpaired) electrons. The van der Waals surface area contributed by atoms with Crippen LogP contribution in [0.1, 0.15) is 0 Å². The van der Waals surface area contributed by atoms with E-state index in [1.54, 1.807) is 0 Å². The Kier molecular flexibility index (Phi) is 3.78. The molecule has 0 aliphatic heterocycles. The van der Waals surface area contributed by atoms with Gasteiger partial charge in [0, 0.05) is 0 Å². The first-order valence-corrected chi connectivity index (χ1v) is 2.80. The van der Waals surface area contributed by atoms with Crippen molar-refractivity contribution in [3.63, 3.8) is 0 Å². The number of alkyl halides is 6. The van der Waals surface area contributed by atoms with E-state index in [-0.39, 0.29) is 0 Å². The van der Waals surface area contributed by atoms with Crippen LogP contribution in [0.25, 0.3) is 0 Å². The third kappa shape index (κ3) is 9.50. The standard InChI is InChI=1S/C4H6F6N2/c5-3(6,7)1-11-12-2-4(8,9)10/h11-12H,1-2H2. The lowest BCUT2D eigenvalue weighted by Gasteiger charge is -2.10. The Morgan fingerprint density at radius 2 is 0.917 bits per heavy atom. The molecule has 0 bridgehead atoms. The van der Waals surface area contributed by atoms with Crippen LogP contribution < -0.4 is 10.9 Å². The van der Waals surface area contributed by atoms with Gasteiger partial charge in [0.2, 0.25) is 0 Å². The molecule has 0 heterocycles. The summed E-state index contributed by atoms with van der Waals surface area (Å²) in [7, 11) is 0. The monoisotopic (exact) mass is 196 g/mol. The van der Waals surface area contributed by atoms with Gasteiger partial charge in [-0.25, -0.2) is 10.9 Å². The fourth-order valence-corrected chi connectivity index (χ4v) is 0.325. The smallest absolute Gasteiger partial charge is 0.248 e. The third-order valence-electron chi connectivity index (χ3n) is 0.703. The number of rotatable bonds is 3. The third-order valence-corrected chi connectivity index (χ3v) is 0.703. The summed E-state index contributed by atoms with van der Waals surface area (Å²) in [4.78, 5) is 0. The Hall–Kier alpha value is -0.500. The number of hydrogen-bond acceptors (Lipinski definition) is 2. The molecule has 0 aromatic heterocycles. The summed E-state index contributed by atoms with van der Waals surface area (Å²) >= 11 is 0. The van der Waals surface area contributed by atoms with E-state index in [0.29, 0.717) is 0 Å². The number of nitrogens with one attached hydrogen (secondary N) is 2. The normalized spacial score (nSPS) is 13.5. The minimum absolute atomic E-state index is 1.39. The number of halogens is 6. The largest absolute Gasteiger partial charge is 0.402 e. The molecule has 0 aliphatic rings. The molecule has 0 spiro atoms. The summed E-state index contributed by atoms with van der Waals surface area (Å²) < 4.78 is 67.8. The summed E-state index contributed by atoms with van der Waals surface area (Å²) in [6, 6.07) is 0. The topological polar surface area (TPSA) is 24.1 Å². The van der Waals surface area contributed by atoms with E-state index in [1.165, 1.54) is 10.9 Å². The van der Waals surface area contributed by atoms with Gasteiger partial charge in [-0.3, -0.25) is 0 Å². The van der Waals surface area contributed by atoms with Gasteiger partial charge in [-0.2, -0.15) is 26.3 Å². The van der Waals surface area contributed by atoms with Crippen LogP contribution in [0.2, 0.25) is 0 Å². The van der Waals surface area contributed by atoms with E-state index >= 15 is 0 Å². The number of hydrazine groups is 1. The molecule has 0 aromatic rings. The first-order chi connectivity index (χ1) is 5.21. The predicted molar refractivity (Wildman–Crippen MR) is 28.1 cm³/mol. The van der Waals surface area contributed by atoms with Crippen molar-refractivity contribution in [2.45, 2.75) is 12.4 Å². The second-order valence-corrected chi connectivity index (χ2v) is 1.94. The molecule has 0 aromatic carbocycles. The molecule has 0 saturated carbocycles. The van der Waals surface area contributed by atoms with E-state index in [9.17, 15) is 26.3 Å². The highest BCUT2D eigenvalue weighted by Gasteiger charge is 2.29. The average Bonchev–Trinajstić information content (AvgIpc) is 1.76. The maximum atomic E-state index is 11.3. The average molecular weight is 196 g/mol. The second-order valence-electron chi connectivity index (χ2n) is 1.94. The molecule has 0 saturated heterocycles. The molecule has 0 aliphatic carbocycles. The van der Waals surface area contributed by atoms with Gasteiger partial charge in [0.05, 0.1) is 0 Å². The summed E-state index contributed by atoms with van der Waals surface area (Å²) in [6.45, 7) is -2.99. The van der Waals surface area contributed by atoms with E-state index in [4.69, 9.17) is 0 Å². The van der Waals surface area contributed by atoms with Gasteiger partial charge in [-0.05, 0) is 0 Å². The summed E-state index contributed by atoms with van der Waals surface area (Å²) in [5.41, 5.74) is 2.77.